The summed E-state index contributed by atoms with van der Waals surface area (Å²) in [6.45, 7) is 4.92. The van der Waals surface area contributed by atoms with E-state index in [1.165, 1.54) is 77.4 Å². The number of nitrogens with two attached hydrogens (primary N) is 1. The van der Waals surface area contributed by atoms with Crippen molar-refractivity contribution < 1.29 is 0 Å². The standard InChI is InChI=1S/C15H30N2/c16-10-9-15-8-5-11-17(13-15)12-14-6-3-1-2-4-7-14/h14-15H,1-13,16H2. The molecule has 1 atom stereocenters. The molecule has 2 rings (SSSR count). The van der Waals surface area contributed by atoms with Crippen LogP contribution in [0, 0.1) is 11.8 Å². The minimum atomic E-state index is 0.877. The van der Waals surface area contributed by atoms with Crippen molar-refractivity contribution in [1.29, 1.82) is 0 Å². The molecule has 2 aliphatic rings. The van der Waals surface area contributed by atoms with Gasteiger partial charge < -0.3 is 10.6 Å². The van der Waals surface area contributed by atoms with E-state index in [2.05, 4.69) is 4.90 Å². The number of hydrogen-bond acceptors (Lipinski definition) is 2. The van der Waals surface area contributed by atoms with Crippen LogP contribution in [0.25, 0.3) is 0 Å². The zero-order valence-electron chi connectivity index (χ0n) is 11.4. The Balaban J connectivity index is 1.73. The van der Waals surface area contributed by atoms with Gasteiger partial charge >= 0.3 is 0 Å². The lowest BCUT2D eigenvalue weighted by Crippen LogP contribution is -2.39. The van der Waals surface area contributed by atoms with Crippen LogP contribution in [0.3, 0.4) is 0 Å². The number of nitrogens with zero attached hydrogens (tertiary/aromatic N) is 1. The topological polar surface area (TPSA) is 29.3 Å². The van der Waals surface area contributed by atoms with E-state index < -0.39 is 0 Å². The fourth-order valence-electron chi connectivity index (χ4n) is 3.70. The van der Waals surface area contributed by atoms with Gasteiger partial charge in [0.05, 0.1) is 0 Å². The molecule has 1 saturated heterocycles. The first kappa shape index (κ1) is 13.4. The lowest BCUT2D eigenvalue weighted by atomic mass is 9.92. The summed E-state index contributed by atoms with van der Waals surface area (Å²) < 4.78 is 0. The van der Waals surface area contributed by atoms with E-state index in [4.69, 9.17) is 5.73 Å². The van der Waals surface area contributed by atoms with E-state index in [1.54, 1.807) is 0 Å². The molecule has 0 radical (unpaired) electrons. The Morgan fingerprint density at radius 2 is 1.59 bits per heavy atom. The highest BCUT2D eigenvalue weighted by atomic mass is 15.1. The van der Waals surface area contributed by atoms with Crippen LogP contribution in [0.2, 0.25) is 0 Å². The average Bonchev–Trinajstić information content (AvgIpc) is 2.59. The minimum absolute atomic E-state index is 0.877. The van der Waals surface area contributed by atoms with Crippen molar-refractivity contribution in [2.45, 2.75) is 57.8 Å². The second-order valence-electron chi connectivity index (χ2n) is 6.20. The molecule has 0 aromatic rings. The molecular weight excluding hydrogens is 208 g/mol. The fraction of sp³-hybridized carbons (Fsp3) is 1.00. The third-order valence-electron chi connectivity index (χ3n) is 4.67. The zero-order valence-corrected chi connectivity index (χ0v) is 11.4. The number of rotatable bonds is 4. The molecule has 1 aliphatic carbocycles. The lowest BCUT2D eigenvalue weighted by Gasteiger charge is -2.34. The molecule has 1 aliphatic heterocycles. The molecule has 1 saturated carbocycles. The molecule has 0 spiro atoms. The summed E-state index contributed by atoms with van der Waals surface area (Å²) in [5.74, 6) is 1.88. The molecule has 2 nitrogen and oxygen atoms in total. The number of likely N-dealkylation sites (tertiary alicyclic amines) is 1. The molecular formula is C15H30N2. The van der Waals surface area contributed by atoms with Crippen LogP contribution in [-0.2, 0) is 0 Å². The molecule has 0 aromatic heterocycles. The molecule has 0 bridgehead atoms. The van der Waals surface area contributed by atoms with Gasteiger partial charge in [-0.3, -0.25) is 0 Å². The molecule has 2 N–H and O–H groups in total. The fourth-order valence-corrected chi connectivity index (χ4v) is 3.70. The van der Waals surface area contributed by atoms with Crippen molar-refractivity contribution in [1.82, 2.24) is 4.90 Å². The van der Waals surface area contributed by atoms with Crippen LogP contribution in [0.15, 0.2) is 0 Å². The van der Waals surface area contributed by atoms with E-state index in [1.807, 2.05) is 0 Å². The Kier molecular flexibility index (Phi) is 5.79. The van der Waals surface area contributed by atoms with Crippen molar-refractivity contribution >= 4 is 0 Å². The second kappa shape index (κ2) is 7.38. The number of piperidine rings is 1. The van der Waals surface area contributed by atoms with E-state index in [-0.39, 0.29) is 0 Å². The third-order valence-corrected chi connectivity index (χ3v) is 4.67. The van der Waals surface area contributed by atoms with Crippen molar-refractivity contribution in [2.75, 3.05) is 26.2 Å². The lowest BCUT2D eigenvalue weighted by molar-refractivity contribution is 0.142. The molecule has 2 heteroatoms. The first-order valence-corrected chi connectivity index (χ1v) is 7.81. The first-order chi connectivity index (χ1) is 8.38. The van der Waals surface area contributed by atoms with Crippen molar-refractivity contribution in [3.63, 3.8) is 0 Å². The average molecular weight is 238 g/mol. The Labute approximate surface area is 107 Å². The van der Waals surface area contributed by atoms with Crippen LogP contribution in [-0.4, -0.2) is 31.1 Å². The highest BCUT2D eigenvalue weighted by Crippen LogP contribution is 2.26. The van der Waals surface area contributed by atoms with Crippen LogP contribution in [0.1, 0.15) is 57.8 Å². The van der Waals surface area contributed by atoms with Crippen molar-refractivity contribution in [3.8, 4) is 0 Å². The van der Waals surface area contributed by atoms with Gasteiger partial charge in [0.2, 0.25) is 0 Å². The van der Waals surface area contributed by atoms with E-state index in [0.29, 0.717) is 0 Å². The summed E-state index contributed by atoms with van der Waals surface area (Å²) in [5, 5.41) is 0. The van der Waals surface area contributed by atoms with Crippen molar-refractivity contribution in [3.05, 3.63) is 0 Å². The van der Waals surface area contributed by atoms with Gasteiger partial charge in [-0.05, 0) is 57.0 Å². The van der Waals surface area contributed by atoms with Crippen LogP contribution < -0.4 is 5.73 Å². The first-order valence-electron chi connectivity index (χ1n) is 7.81. The number of hydrogen-bond donors (Lipinski definition) is 1. The van der Waals surface area contributed by atoms with E-state index in [9.17, 15) is 0 Å². The predicted octanol–water partition coefficient (Wildman–Crippen LogP) is 3.02. The summed E-state index contributed by atoms with van der Waals surface area (Å²) in [4.78, 5) is 2.74. The normalized spacial score (nSPS) is 29.1. The molecule has 2 fully saturated rings. The highest BCUT2D eigenvalue weighted by molar-refractivity contribution is 4.76. The van der Waals surface area contributed by atoms with Crippen LogP contribution >= 0.6 is 0 Å². The molecule has 1 unspecified atom stereocenters. The zero-order chi connectivity index (χ0) is 11.9. The molecule has 1 heterocycles. The van der Waals surface area contributed by atoms with Gasteiger partial charge in [0, 0.05) is 13.1 Å². The maximum Gasteiger partial charge on any atom is 0.00103 e. The monoisotopic (exact) mass is 238 g/mol. The maximum absolute atomic E-state index is 5.69. The third kappa shape index (κ3) is 4.59. The summed E-state index contributed by atoms with van der Waals surface area (Å²) in [7, 11) is 0. The predicted molar refractivity (Wildman–Crippen MR) is 74.0 cm³/mol. The van der Waals surface area contributed by atoms with Gasteiger partial charge in [-0.2, -0.15) is 0 Å². The SMILES string of the molecule is NCCC1CCCN(CC2CCCCCC2)C1. The molecule has 100 valence electrons. The van der Waals surface area contributed by atoms with Gasteiger partial charge in [-0.25, -0.2) is 0 Å². The quantitative estimate of drug-likeness (QED) is 0.763. The Bertz CT molecular complexity index is 195. The van der Waals surface area contributed by atoms with E-state index in [0.717, 1.165) is 18.4 Å². The van der Waals surface area contributed by atoms with Gasteiger partial charge in [-0.1, -0.05) is 25.7 Å². The van der Waals surface area contributed by atoms with Gasteiger partial charge in [0.25, 0.3) is 0 Å². The minimum Gasteiger partial charge on any atom is -0.330 e. The Morgan fingerprint density at radius 1 is 0.882 bits per heavy atom. The molecule has 0 aromatic carbocycles. The van der Waals surface area contributed by atoms with Crippen LogP contribution in [0.5, 0.6) is 0 Å². The second-order valence-corrected chi connectivity index (χ2v) is 6.20. The van der Waals surface area contributed by atoms with Gasteiger partial charge in [-0.15, -0.1) is 0 Å². The largest absolute Gasteiger partial charge is 0.330 e. The molecule has 0 amide bonds. The maximum atomic E-state index is 5.69. The highest BCUT2D eigenvalue weighted by Gasteiger charge is 2.22. The van der Waals surface area contributed by atoms with Gasteiger partial charge in [0.1, 0.15) is 0 Å². The smallest absolute Gasteiger partial charge is 0.00103 e. The summed E-state index contributed by atoms with van der Waals surface area (Å²) >= 11 is 0. The van der Waals surface area contributed by atoms with E-state index >= 15 is 0 Å². The van der Waals surface area contributed by atoms with Crippen LogP contribution in [0.4, 0.5) is 0 Å². The Hall–Kier alpha value is -0.0800. The van der Waals surface area contributed by atoms with Gasteiger partial charge in [0.15, 0.2) is 0 Å². The summed E-state index contributed by atoms with van der Waals surface area (Å²) in [5.41, 5.74) is 5.69. The summed E-state index contributed by atoms with van der Waals surface area (Å²) in [6.07, 6.45) is 12.9. The van der Waals surface area contributed by atoms with Crippen molar-refractivity contribution in [2.24, 2.45) is 17.6 Å². The molecule has 17 heavy (non-hydrogen) atoms. The Morgan fingerprint density at radius 3 is 2.29 bits per heavy atom. The summed E-state index contributed by atoms with van der Waals surface area (Å²) in [6, 6.07) is 0.